The Hall–Kier alpha value is -2.21. The number of fused-ring (bicyclic) bond motifs is 1. The number of hydrogen-bond acceptors (Lipinski definition) is 4. The van der Waals surface area contributed by atoms with Crippen LogP contribution in [-0.4, -0.2) is 25.7 Å². The fourth-order valence-electron chi connectivity index (χ4n) is 2.09. The van der Waals surface area contributed by atoms with Crippen LogP contribution in [0.1, 0.15) is 0 Å². The van der Waals surface area contributed by atoms with Gasteiger partial charge in [-0.25, -0.2) is 0 Å². The smallest absolute Gasteiger partial charge is 0.269 e. The van der Waals surface area contributed by atoms with E-state index in [1.165, 1.54) is 0 Å². The average molecular weight is 364 g/mol. The number of methoxy groups -OCH3 is 1. The van der Waals surface area contributed by atoms with Gasteiger partial charge < -0.3 is 19.5 Å². The van der Waals surface area contributed by atoms with E-state index in [0.717, 1.165) is 4.47 Å². The molecule has 1 N–H and O–H groups in total. The van der Waals surface area contributed by atoms with Gasteiger partial charge in [0.15, 0.2) is 11.5 Å². The summed E-state index contributed by atoms with van der Waals surface area (Å²) in [6, 6.07) is 12.6. The minimum Gasteiger partial charge on any atom is -0.497 e. The second-order valence-corrected chi connectivity index (χ2v) is 5.55. The summed E-state index contributed by atoms with van der Waals surface area (Å²) < 4.78 is 17.1. The maximum Gasteiger partial charge on any atom is 0.269 e. The van der Waals surface area contributed by atoms with Crippen molar-refractivity contribution >= 4 is 27.5 Å². The summed E-state index contributed by atoms with van der Waals surface area (Å²) in [5.41, 5.74) is 0.617. The summed E-state index contributed by atoms with van der Waals surface area (Å²) in [5, 5.41) is 2.81. The van der Waals surface area contributed by atoms with Gasteiger partial charge in [0.05, 0.1) is 12.8 Å². The average Bonchev–Trinajstić information content (AvgIpc) is 2.56. The number of ether oxygens (including phenoxy) is 3. The molecule has 2 aromatic rings. The lowest BCUT2D eigenvalue weighted by atomic mass is 10.2. The van der Waals surface area contributed by atoms with Crippen molar-refractivity contribution in [1.29, 1.82) is 0 Å². The quantitative estimate of drug-likeness (QED) is 0.909. The summed E-state index contributed by atoms with van der Waals surface area (Å²) in [6.45, 7) is 0.171. The van der Waals surface area contributed by atoms with Gasteiger partial charge in [0, 0.05) is 10.5 Å². The molecule has 0 bridgehead atoms. The highest BCUT2D eigenvalue weighted by molar-refractivity contribution is 9.10. The van der Waals surface area contributed by atoms with Gasteiger partial charge in [-0.05, 0) is 40.2 Å². The third kappa shape index (κ3) is 3.01. The number of carbonyl (C=O) groups excluding carboxylic acids is 1. The maximum atomic E-state index is 12.4. The van der Waals surface area contributed by atoms with Crippen LogP contribution in [0.15, 0.2) is 46.9 Å². The molecule has 3 rings (SSSR count). The third-order valence-electron chi connectivity index (χ3n) is 3.23. The fourth-order valence-corrected chi connectivity index (χ4v) is 2.43. The van der Waals surface area contributed by atoms with Crippen LogP contribution in [0, 0.1) is 0 Å². The van der Waals surface area contributed by atoms with Crippen LogP contribution in [0.3, 0.4) is 0 Å². The number of hydrogen-bond donors (Lipinski definition) is 1. The number of halogens is 1. The van der Waals surface area contributed by atoms with E-state index in [9.17, 15) is 4.79 Å². The first-order valence-corrected chi connectivity index (χ1v) is 7.49. The number of para-hydroxylation sites is 2. The van der Waals surface area contributed by atoms with Crippen molar-refractivity contribution in [3.05, 3.63) is 46.9 Å². The molecule has 6 heteroatoms. The highest BCUT2D eigenvalue weighted by Crippen LogP contribution is 2.32. The molecule has 1 heterocycles. The molecular weight excluding hydrogens is 350 g/mol. The molecule has 0 fully saturated rings. The Morgan fingerprint density at radius 1 is 1.27 bits per heavy atom. The van der Waals surface area contributed by atoms with E-state index < -0.39 is 6.10 Å². The topological polar surface area (TPSA) is 56.8 Å². The molecule has 0 aliphatic carbocycles. The van der Waals surface area contributed by atoms with Crippen molar-refractivity contribution in [2.24, 2.45) is 0 Å². The van der Waals surface area contributed by atoms with Gasteiger partial charge >= 0.3 is 0 Å². The number of amides is 1. The monoisotopic (exact) mass is 363 g/mol. The Balaban J connectivity index is 1.73. The zero-order valence-electron chi connectivity index (χ0n) is 11.8. The predicted molar refractivity (Wildman–Crippen MR) is 85.7 cm³/mol. The second-order valence-electron chi connectivity index (χ2n) is 4.70. The molecule has 1 amide bonds. The molecule has 0 aromatic heterocycles. The van der Waals surface area contributed by atoms with Crippen LogP contribution < -0.4 is 19.5 Å². The Kier molecular flexibility index (Phi) is 4.20. The summed E-state index contributed by atoms with van der Waals surface area (Å²) in [4.78, 5) is 12.4. The lowest BCUT2D eigenvalue weighted by Gasteiger charge is -2.25. The largest absolute Gasteiger partial charge is 0.497 e. The predicted octanol–water partition coefficient (Wildman–Crippen LogP) is 3.24. The molecule has 0 radical (unpaired) electrons. The van der Waals surface area contributed by atoms with Crippen LogP contribution in [0.2, 0.25) is 0 Å². The molecule has 2 aromatic carbocycles. The molecule has 0 saturated heterocycles. The SMILES string of the molecule is COc1ccc(Br)c(NC(=O)[C@@H]2COc3ccccc3O2)c1. The van der Waals surface area contributed by atoms with E-state index in [2.05, 4.69) is 21.2 Å². The zero-order valence-corrected chi connectivity index (χ0v) is 13.4. The van der Waals surface area contributed by atoms with Crippen molar-refractivity contribution in [3.63, 3.8) is 0 Å². The molecule has 1 aliphatic rings. The number of benzene rings is 2. The Morgan fingerprint density at radius 3 is 2.82 bits per heavy atom. The molecule has 5 nitrogen and oxygen atoms in total. The van der Waals surface area contributed by atoms with Crippen LogP contribution >= 0.6 is 15.9 Å². The van der Waals surface area contributed by atoms with Gasteiger partial charge in [-0.3, -0.25) is 4.79 Å². The molecule has 1 aliphatic heterocycles. The second kappa shape index (κ2) is 6.27. The van der Waals surface area contributed by atoms with Gasteiger partial charge in [-0.15, -0.1) is 0 Å². The van der Waals surface area contributed by atoms with Gasteiger partial charge in [0.25, 0.3) is 5.91 Å². The molecule has 0 unspecified atom stereocenters. The molecule has 22 heavy (non-hydrogen) atoms. The van der Waals surface area contributed by atoms with Gasteiger partial charge in [0.2, 0.25) is 6.10 Å². The number of carbonyl (C=O) groups is 1. The standard InChI is InChI=1S/C16H14BrNO4/c1-20-10-6-7-11(17)12(8-10)18-16(19)15-9-21-13-4-2-3-5-14(13)22-15/h2-8,15H,9H2,1H3,(H,18,19)/t15-/m0/s1. The maximum absolute atomic E-state index is 12.4. The van der Waals surface area contributed by atoms with Gasteiger partial charge in [0.1, 0.15) is 12.4 Å². The molecular formula is C16H14BrNO4. The summed E-state index contributed by atoms with van der Waals surface area (Å²) >= 11 is 3.40. The first kappa shape index (κ1) is 14.7. The van der Waals surface area contributed by atoms with Crippen LogP contribution in [0.25, 0.3) is 0 Å². The minimum atomic E-state index is -0.701. The number of anilines is 1. The van der Waals surface area contributed by atoms with E-state index in [-0.39, 0.29) is 12.5 Å². The Labute approximate surface area is 136 Å². The zero-order chi connectivity index (χ0) is 15.5. The summed E-state index contributed by atoms with van der Waals surface area (Å²) in [7, 11) is 1.57. The Morgan fingerprint density at radius 2 is 2.05 bits per heavy atom. The van der Waals surface area contributed by atoms with E-state index >= 15 is 0 Å². The number of nitrogens with one attached hydrogen (secondary N) is 1. The van der Waals surface area contributed by atoms with E-state index in [1.807, 2.05) is 24.3 Å². The van der Waals surface area contributed by atoms with Gasteiger partial charge in [-0.2, -0.15) is 0 Å². The fraction of sp³-hybridized carbons (Fsp3) is 0.188. The molecule has 1 atom stereocenters. The van der Waals surface area contributed by atoms with E-state index in [4.69, 9.17) is 14.2 Å². The minimum absolute atomic E-state index is 0.171. The van der Waals surface area contributed by atoms with Crippen molar-refractivity contribution in [3.8, 4) is 17.2 Å². The lowest BCUT2D eigenvalue weighted by Crippen LogP contribution is -2.40. The Bertz CT molecular complexity index is 704. The van der Waals surface area contributed by atoms with Crippen LogP contribution in [-0.2, 0) is 4.79 Å². The first-order valence-electron chi connectivity index (χ1n) is 6.70. The molecule has 0 spiro atoms. The lowest BCUT2D eigenvalue weighted by molar-refractivity contribution is -0.125. The summed E-state index contributed by atoms with van der Waals surface area (Å²) in [5.74, 6) is 1.60. The number of rotatable bonds is 3. The molecule has 114 valence electrons. The van der Waals surface area contributed by atoms with Crippen molar-refractivity contribution in [2.75, 3.05) is 19.0 Å². The highest BCUT2D eigenvalue weighted by atomic mass is 79.9. The first-order chi connectivity index (χ1) is 10.7. The van der Waals surface area contributed by atoms with Gasteiger partial charge in [-0.1, -0.05) is 12.1 Å². The highest BCUT2D eigenvalue weighted by Gasteiger charge is 2.27. The van der Waals surface area contributed by atoms with Crippen molar-refractivity contribution in [1.82, 2.24) is 0 Å². The molecule has 0 saturated carbocycles. The normalized spacial score (nSPS) is 16.0. The van der Waals surface area contributed by atoms with Crippen LogP contribution in [0.4, 0.5) is 5.69 Å². The third-order valence-corrected chi connectivity index (χ3v) is 3.92. The van der Waals surface area contributed by atoms with Crippen LogP contribution in [0.5, 0.6) is 17.2 Å². The van der Waals surface area contributed by atoms with E-state index in [1.54, 1.807) is 25.3 Å². The van der Waals surface area contributed by atoms with Crippen molar-refractivity contribution in [2.45, 2.75) is 6.10 Å². The van der Waals surface area contributed by atoms with Crippen molar-refractivity contribution < 1.29 is 19.0 Å². The summed E-state index contributed by atoms with van der Waals surface area (Å²) in [6.07, 6.45) is -0.701. The van der Waals surface area contributed by atoms with E-state index in [0.29, 0.717) is 22.9 Å².